The molecule has 0 N–H and O–H groups in total. The van der Waals surface area contributed by atoms with Crippen LogP contribution in [0.1, 0.15) is 45.4 Å². The summed E-state index contributed by atoms with van der Waals surface area (Å²) in [5, 5.41) is 0. The van der Waals surface area contributed by atoms with Crippen LogP contribution in [0.25, 0.3) is 0 Å². The SMILES string of the molecule is C=CN(C(=C)C)C(=O)OCC1OC1C12CC3CC(CC(C3)C1)C2.[U]. The van der Waals surface area contributed by atoms with Crippen molar-refractivity contribution in [1.82, 2.24) is 4.90 Å². The van der Waals surface area contributed by atoms with E-state index >= 15 is 0 Å². The van der Waals surface area contributed by atoms with E-state index in [1.54, 1.807) is 6.92 Å². The fourth-order valence-electron chi connectivity index (χ4n) is 5.94. The van der Waals surface area contributed by atoms with Crippen molar-refractivity contribution in [2.45, 2.75) is 57.7 Å². The van der Waals surface area contributed by atoms with E-state index < -0.39 is 6.09 Å². The number of hydrogen-bond donors (Lipinski definition) is 0. The molecule has 4 nitrogen and oxygen atoms in total. The first-order chi connectivity index (χ1) is 11.0. The molecule has 2 atom stereocenters. The Bertz CT molecular complexity index is 511. The van der Waals surface area contributed by atoms with Crippen LogP contribution in [-0.4, -0.2) is 29.8 Å². The zero-order valence-electron chi connectivity index (χ0n) is 14.5. The Balaban J connectivity index is 0.00000169. The van der Waals surface area contributed by atoms with Crippen molar-refractivity contribution in [1.29, 1.82) is 0 Å². The van der Waals surface area contributed by atoms with Gasteiger partial charge in [-0.1, -0.05) is 13.2 Å². The first-order valence-electron chi connectivity index (χ1n) is 8.90. The van der Waals surface area contributed by atoms with Crippen molar-refractivity contribution < 1.29 is 45.4 Å². The van der Waals surface area contributed by atoms with E-state index in [0.717, 1.165) is 17.8 Å². The first kappa shape index (κ1) is 18.5. The number of ether oxygens (including phenoxy) is 2. The first-order valence-corrected chi connectivity index (χ1v) is 8.90. The Morgan fingerprint density at radius 2 is 1.79 bits per heavy atom. The van der Waals surface area contributed by atoms with E-state index in [2.05, 4.69) is 13.2 Å². The molecule has 130 valence electrons. The molecule has 5 rings (SSSR count). The fraction of sp³-hybridized carbons (Fsp3) is 0.737. The zero-order chi connectivity index (χ0) is 16.2. The molecule has 24 heavy (non-hydrogen) atoms. The van der Waals surface area contributed by atoms with Gasteiger partial charge in [-0.15, -0.1) is 0 Å². The van der Waals surface area contributed by atoms with Crippen molar-refractivity contribution >= 4 is 6.09 Å². The normalized spacial score (nSPS) is 41.3. The number of carbonyl (C=O) groups excluding carboxylic acids is 1. The van der Waals surface area contributed by atoms with Crippen LogP contribution in [0.4, 0.5) is 4.79 Å². The minimum atomic E-state index is -0.410. The van der Waals surface area contributed by atoms with Gasteiger partial charge < -0.3 is 9.47 Å². The van der Waals surface area contributed by atoms with E-state index in [-0.39, 0.29) is 37.2 Å². The maximum Gasteiger partial charge on any atom is 0.418 e. The van der Waals surface area contributed by atoms with Crippen molar-refractivity contribution in [3.05, 3.63) is 25.1 Å². The number of hydrogen-bond acceptors (Lipinski definition) is 3. The van der Waals surface area contributed by atoms with Gasteiger partial charge in [-0.25, -0.2) is 4.79 Å². The molecule has 0 aromatic rings. The molecular formula is C19H27NO3U. The topological polar surface area (TPSA) is 42.1 Å². The van der Waals surface area contributed by atoms with Crippen LogP contribution in [0, 0.1) is 54.3 Å². The molecule has 0 aromatic carbocycles. The van der Waals surface area contributed by atoms with Crippen LogP contribution < -0.4 is 0 Å². The van der Waals surface area contributed by atoms with Crippen molar-refractivity contribution in [3.63, 3.8) is 0 Å². The van der Waals surface area contributed by atoms with Gasteiger partial charge >= 0.3 is 6.09 Å². The second-order valence-electron chi connectivity index (χ2n) is 8.24. The van der Waals surface area contributed by atoms with Gasteiger partial charge in [0.25, 0.3) is 0 Å². The minimum Gasteiger partial charge on any atom is -0.446 e. The van der Waals surface area contributed by atoms with Gasteiger partial charge in [0.2, 0.25) is 0 Å². The average Bonchev–Trinajstić information content (AvgIpc) is 3.24. The Kier molecular flexibility index (Phi) is 5.27. The second-order valence-corrected chi connectivity index (χ2v) is 8.24. The van der Waals surface area contributed by atoms with E-state index in [1.165, 1.54) is 49.6 Å². The van der Waals surface area contributed by atoms with Gasteiger partial charge in [0.1, 0.15) is 12.7 Å². The van der Waals surface area contributed by atoms with Crippen molar-refractivity contribution in [2.75, 3.05) is 6.61 Å². The van der Waals surface area contributed by atoms with Gasteiger partial charge in [-0.3, -0.25) is 4.90 Å². The summed E-state index contributed by atoms with van der Waals surface area (Å²) >= 11 is 0. The molecule has 0 aromatic heterocycles. The molecule has 1 saturated heterocycles. The zero-order valence-corrected chi connectivity index (χ0v) is 18.7. The molecule has 0 radical (unpaired) electrons. The van der Waals surface area contributed by atoms with Gasteiger partial charge in [0, 0.05) is 48.4 Å². The monoisotopic (exact) mass is 555 g/mol. The molecular weight excluding hydrogens is 528 g/mol. The summed E-state index contributed by atoms with van der Waals surface area (Å²) in [6.07, 6.45) is 9.76. The Morgan fingerprint density at radius 1 is 1.25 bits per heavy atom. The predicted molar refractivity (Wildman–Crippen MR) is 87.5 cm³/mol. The number of epoxide rings is 1. The Labute approximate surface area is 168 Å². The van der Waals surface area contributed by atoms with Crippen LogP contribution >= 0.6 is 0 Å². The summed E-state index contributed by atoms with van der Waals surface area (Å²) in [5.74, 6) is 2.77. The summed E-state index contributed by atoms with van der Waals surface area (Å²) in [6, 6.07) is 0. The number of allylic oxidation sites excluding steroid dienone is 1. The third-order valence-corrected chi connectivity index (χ3v) is 6.43. The molecule has 1 heterocycles. The maximum atomic E-state index is 12.0. The van der Waals surface area contributed by atoms with Gasteiger partial charge in [0.15, 0.2) is 0 Å². The number of nitrogens with zero attached hydrogens (tertiary/aromatic N) is 1. The molecule has 4 bridgehead atoms. The summed E-state index contributed by atoms with van der Waals surface area (Å²) in [6.45, 7) is 9.48. The number of carbonyl (C=O) groups is 1. The largest absolute Gasteiger partial charge is 0.446 e. The van der Waals surface area contributed by atoms with E-state index in [0.29, 0.717) is 23.8 Å². The third-order valence-electron chi connectivity index (χ3n) is 6.43. The molecule has 5 aliphatic rings. The van der Waals surface area contributed by atoms with E-state index in [9.17, 15) is 4.79 Å². The van der Waals surface area contributed by atoms with Gasteiger partial charge in [-0.05, 0) is 63.2 Å². The Hall–Kier alpha value is -0.238. The molecule has 1 aliphatic heterocycles. The van der Waals surface area contributed by atoms with Crippen LogP contribution in [0.15, 0.2) is 25.1 Å². The Morgan fingerprint density at radius 3 is 2.25 bits per heavy atom. The van der Waals surface area contributed by atoms with Crippen molar-refractivity contribution in [3.8, 4) is 0 Å². The standard InChI is InChI=1S/C19H27NO3.U/c1-4-20(12(2)3)18(21)22-11-16-17(23-16)19-8-13-5-14(9-19)7-15(6-13)10-19;/h4,13-17H,1-2,5-11H2,3H3;. The van der Waals surface area contributed by atoms with Gasteiger partial charge in [-0.2, -0.15) is 0 Å². The third kappa shape index (κ3) is 3.25. The van der Waals surface area contributed by atoms with E-state index in [4.69, 9.17) is 9.47 Å². The van der Waals surface area contributed by atoms with Crippen LogP contribution in [0.3, 0.4) is 0 Å². The van der Waals surface area contributed by atoms with Crippen molar-refractivity contribution in [2.24, 2.45) is 23.2 Å². The molecule has 0 spiro atoms. The molecule has 4 aliphatic carbocycles. The van der Waals surface area contributed by atoms with E-state index in [1.807, 2.05) is 0 Å². The summed E-state index contributed by atoms with van der Waals surface area (Å²) in [7, 11) is 0. The number of rotatable bonds is 5. The van der Waals surface area contributed by atoms with Crippen LogP contribution in [0.5, 0.6) is 0 Å². The summed E-state index contributed by atoms with van der Waals surface area (Å²) in [4.78, 5) is 13.4. The molecule has 5 fully saturated rings. The molecule has 1 amide bonds. The smallest absolute Gasteiger partial charge is 0.418 e. The van der Waals surface area contributed by atoms with Gasteiger partial charge in [0.05, 0.1) is 6.10 Å². The molecule has 2 unspecified atom stereocenters. The molecule has 4 saturated carbocycles. The summed E-state index contributed by atoms with van der Waals surface area (Å²) < 4.78 is 11.4. The average molecular weight is 555 g/mol. The second kappa shape index (κ2) is 6.82. The van der Waals surface area contributed by atoms with Crippen LogP contribution in [0.2, 0.25) is 0 Å². The quantitative estimate of drug-likeness (QED) is 0.481. The predicted octanol–water partition coefficient (Wildman–Crippen LogP) is 4.09. The summed E-state index contributed by atoms with van der Waals surface area (Å²) in [5.41, 5.74) is 0.998. The fourth-order valence-corrected chi connectivity index (χ4v) is 5.94. The molecule has 5 heteroatoms. The maximum absolute atomic E-state index is 12.0. The minimum absolute atomic E-state index is 0. The van der Waals surface area contributed by atoms with Crippen LogP contribution in [-0.2, 0) is 9.47 Å². The number of amides is 1.